The Morgan fingerprint density at radius 1 is 1.33 bits per heavy atom. The largest absolute Gasteiger partial charge is 0.308 e. The molecule has 1 aliphatic heterocycles. The maximum atomic E-state index is 11.1. The van der Waals surface area contributed by atoms with Gasteiger partial charge in [-0.15, -0.1) is 0 Å². The van der Waals surface area contributed by atoms with E-state index in [1.54, 1.807) is 0 Å². The summed E-state index contributed by atoms with van der Waals surface area (Å²) in [4.78, 5) is 0. The number of hydrogen-bond donors (Lipinski definition) is 1. The van der Waals surface area contributed by atoms with Gasteiger partial charge in [0.25, 0.3) is 0 Å². The molecule has 0 spiro atoms. The Morgan fingerprint density at radius 3 is 2.25 bits per heavy atom. The Bertz CT molecular complexity index is 251. The first-order valence-electron chi connectivity index (χ1n) is 4.27. The van der Waals surface area contributed by atoms with Gasteiger partial charge < -0.3 is 5.32 Å². The molecule has 1 heterocycles. The summed E-state index contributed by atoms with van der Waals surface area (Å²) in [5.41, 5.74) is 0.0184. The highest BCUT2D eigenvalue weighted by atomic mass is 32.2. The van der Waals surface area contributed by atoms with Gasteiger partial charge in [-0.2, -0.15) is 0 Å². The van der Waals surface area contributed by atoms with Gasteiger partial charge in [0.1, 0.15) is 0 Å². The number of rotatable bonds is 1. The summed E-state index contributed by atoms with van der Waals surface area (Å²) < 4.78 is 22.2. The Kier molecular flexibility index (Phi) is 2.50. The van der Waals surface area contributed by atoms with Crippen LogP contribution in [0.15, 0.2) is 0 Å². The molecule has 1 unspecified atom stereocenters. The highest BCUT2D eigenvalue weighted by Crippen LogP contribution is 2.14. The molecule has 0 aromatic heterocycles. The van der Waals surface area contributed by atoms with Gasteiger partial charge >= 0.3 is 0 Å². The van der Waals surface area contributed by atoms with Crippen molar-refractivity contribution in [3.8, 4) is 0 Å². The second kappa shape index (κ2) is 3.00. The van der Waals surface area contributed by atoms with E-state index in [2.05, 4.69) is 26.1 Å². The van der Waals surface area contributed by atoms with Crippen molar-refractivity contribution in [2.75, 3.05) is 11.5 Å². The topological polar surface area (TPSA) is 46.2 Å². The predicted octanol–water partition coefficient (Wildman–Crippen LogP) is 0.562. The molecule has 4 heteroatoms. The molecule has 0 saturated carbocycles. The number of sulfone groups is 1. The number of nitrogens with one attached hydrogen (secondary N) is 1. The van der Waals surface area contributed by atoms with Crippen LogP contribution >= 0.6 is 0 Å². The molecule has 0 aromatic rings. The van der Waals surface area contributed by atoms with Crippen molar-refractivity contribution in [1.82, 2.24) is 5.32 Å². The third kappa shape index (κ3) is 3.11. The molecule has 12 heavy (non-hydrogen) atoms. The van der Waals surface area contributed by atoms with E-state index in [0.29, 0.717) is 11.5 Å². The average Bonchev–Trinajstić information content (AvgIpc) is 2.05. The molecule has 3 nitrogen and oxygen atoms in total. The maximum absolute atomic E-state index is 11.1. The third-order valence-electron chi connectivity index (χ3n) is 1.87. The van der Waals surface area contributed by atoms with Gasteiger partial charge in [0.05, 0.1) is 11.5 Å². The molecule has 1 saturated heterocycles. The molecule has 0 aliphatic carbocycles. The van der Waals surface area contributed by atoms with Gasteiger partial charge in [-0.1, -0.05) is 0 Å². The summed E-state index contributed by atoms with van der Waals surface area (Å²) in [6, 6.07) is 0.162. The fourth-order valence-corrected chi connectivity index (χ4v) is 3.19. The van der Waals surface area contributed by atoms with Crippen molar-refractivity contribution < 1.29 is 8.42 Å². The lowest BCUT2D eigenvalue weighted by Gasteiger charge is -2.24. The van der Waals surface area contributed by atoms with E-state index in [0.717, 1.165) is 6.42 Å². The minimum Gasteiger partial charge on any atom is -0.308 e. The van der Waals surface area contributed by atoms with Crippen molar-refractivity contribution in [1.29, 1.82) is 0 Å². The zero-order valence-electron chi connectivity index (χ0n) is 7.92. The predicted molar refractivity (Wildman–Crippen MR) is 49.9 cm³/mol. The molecule has 1 rings (SSSR count). The van der Waals surface area contributed by atoms with Crippen LogP contribution in [0.5, 0.6) is 0 Å². The Labute approximate surface area is 74.5 Å². The summed E-state index contributed by atoms with van der Waals surface area (Å²) in [6.07, 6.45) is 0.763. The summed E-state index contributed by atoms with van der Waals surface area (Å²) in [5, 5.41) is 3.29. The van der Waals surface area contributed by atoms with Crippen molar-refractivity contribution in [3.05, 3.63) is 0 Å². The second-order valence-electron chi connectivity index (χ2n) is 4.49. The van der Waals surface area contributed by atoms with Crippen molar-refractivity contribution in [2.24, 2.45) is 0 Å². The lowest BCUT2D eigenvalue weighted by atomic mass is 10.1. The van der Waals surface area contributed by atoms with E-state index >= 15 is 0 Å². The smallest absolute Gasteiger partial charge is 0.151 e. The molecule has 0 radical (unpaired) electrons. The maximum Gasteiger partial charge on any atom is 0.151 e. The molecular weight excluding hydrogens is 174 g/mol. The highest BCUT2D eigenvalue weighted by molar-refractivity contribution is 7.91. The minimum absolute atomic E-state index is 0.0184. The molecule has 1 aliphatic rings. The van der Waals surface area contributed by atoms with Gasteiger partial charge in [-0.25, -0.2) is 8.42 Å². The van der Waals surface area contributed by atoms with Crippen LogP contribution in [0.25, 0.3) is 0 Å². The minimum atomic E-state index is -2.73. The Morgan fingerprint density at radius 2 is 1.92 bits per heavy atom. The fourth-order valence-electron chi connectivity index (χ4n) is 1.52. The quantitative estimate of drug-likeness (QED) is 0.659. The molecule has 0 aromatic carbocycles. The van der Waals surface area contributed by atoms with Crippen LogP contribution in [0.3, 0.4) is 0 Å². The Hall–Kier alpha value is -0.0900. The number of hydrogen-bond acceptors (Lipinski definition) is 3. The van der Waals surface area contributed by atoms with E-state index in [1.807, 2.05) is 0 Å². The summed E-state index contributed by atoms with van der Waals surface area (Å²) >= 11 is 0. The van der Waals surface area contributed by atoms with E-state index in [4.69, 9.17) is 0 Å². The molecular formula is C8H17NO2S. The van der Waals surface area contributed by atoms with E-state index in [1.165, 1.54) is 0 Å². The van der Waals surface area contributed by atoms with Crippen LogP contribution in [0.1, 0.15) is 27.2 Å². The lowest BCUT2D eigenvalue weighted by molar-refractivity contribution is 0.375. The molecule has 1 N–H and O–H groups in total. The summed E-state index contributed by atoms with van der Waals surface area (Å²) in [7, 11) is -2.73. The zero-order chi connectivity index (χ0) is 9.41. The van der Waals surface area contributed by atoms with E-state index in [-0.39, 0.29) is 11.6 Å². The molecule has 72 valence electrons. The Balaban J connectivity index is 2.49. The van der Waals surface area contributed by atoms with Gasteiger partial charge in [0, 0.05) is 11.6 Å². The van der Waals surface area contributed by atoms with Crippen molar-refractivity contribution >= 4 is 9.84 Å². The van der Waals surface area contributed by atoms with Crippen LogP contribution in [0.4, 0.5) is 0 Å². The second-order valence-corrected chi connectivity index (χ2v) is 6.72. The zero-order valence-corrected chi connectivity index (χ0v) is 8.74. The average molecular weight is 191 g/mol. The van der Waals surface area contributed by atoms with Crippen LogP contribution in [-0.2, 0) is 9.84 Å². The summed E-state index contributed by atoms with van der Waals surface area (Å²) in [6.45, 7) is 6.16. The molecule has 1 fully saturated rings. The lowest BCUT2D eigenvalue weighted by Crippen LogP contribution is -2.44. The molecule has 1 atom stereocenters. The molecule has 0 amide bonds. The highest BCUT2D eigenvalue weighted by Gasteiger charge is 2.29. The van der Waals surface area contributed by atoms with Crippen LogP contribution in [0, 0.1) is 0 Å². The van der Waals surface area contributed by atoms with Gasteiger partial charge in [-0.05, 0) is 27.2 Å². The van der Waals surface area contributed by atoms with Gasteiger partial charge in [-0.3, -0.25) is 0 Å². The van der Waals surface area contributed by atoms with Gasteiger partial charge in [0.15, 0.2) is 9.84 Å². The normalized spacial score (nSPS) is 29.1. The fraction of sp³-hybridized carbons (Fsp3) is 1.00. The SMILES string of the molecule is CC(C)(C)NC1CCS(=O)(=O)C1. The van der Waals surface area contributed by atoms with Crippen molar-refractivity contribution in [2.45, 2.75) is 38.8 Å². The van der Waals surface area contributed by atoms with E-state index in [9.17, 15) is 8.42 Å². The molecule has 0 bridgehead atoms. The standard InChI is InChI=1S/C8H17NO2S/c1-8(2,3)9-7-4-5-12(10,11)6-7/h7,9H,4-6H2,1-3H3. The van der Waals surface area contributed by atoms with Gasteiger partial charge in [0.2, 0.25) is 0 Å². The van der Waals surface area contributed by atoms with Crippen LogP contribution < -0.4 is 5.32 Å². The van der Waals surface area contributed by atoms with E-state index < -0.39 is 9.84 Å². The van der Waals surface area contributed by atoms with Crippen LogP contribution in [-0.4, -0.2) is 31.5 Å². The first kappa shape index (κ1) is 9.99. The van der Waals surface area contributed by atoms with Crippen molar-refractivity contribution in [3.63, 3.8) is 0 Å². The van der Waals surface area contributed by atoms with Crippen LogP contribution in [0.2, 0.25) is 0 Å². The summed E-state index contributed by atoms with van der Waals surface area (Å²) in [5.74, 6) is 0.658. The first-order chi connectivity index (χ1) is 5.29. The third-order valence-corrected chi connectivity index (χ3v) is 3.64. The first-order valence-corrected chi connectivity index (χ1v) is 6.09. The monoisotopic (exact) mass is 191 g/mol.